The Labute approximate surface area is 198 Å². The lowest BCUT2D eigenvalue weighted by molar-refractivity contribution is 0.249. The number of nitrogens with zero attached hydrogens (tertiary/aromatic N) is 4. The SMILES string of the molecule is COc1ccccc1Nc1nc2ccccc2nc1N1CCN(Cc2cccc(Cl)c2)CC1. The summed E-state index contributed by atoms with van der Waals surface area (Å²) in [6, 6.07) is 23.9. The fraction of sp³-hybridized carbons (Fsp3) is 0.231. The third-order valence-corrected chi connectivity index (χ3v) is 6.11. The van der Waals surface area contributed by atoms with Crippen molar-refractivity contribution in [2.45, 2.75) is 6.54 Å². The standard InChI is InChI=1S/C26H26ClN5O/c1-33-24-12-5-4-11-23(24)29-25-26(30-22-10-3-2-9-21(22)28-25)32-15-13-31(14-16-32)18-19-7-6-8-20(27)17-19/h2-12,17H,13-16,18H2,1H3,(H,28,29). The largest absolute Gasteiger partial charge is 0.495 e. The molecule has 0 unspecified atom stereocenters. The van der Waals surface area contributed by atoms with E-state index < -0.39 is 0 Å². The number of hydrogen-bond acceptors (Lipinski definition) is 6. The monoisotopic (exact) mass is 459 g/mol. The van der Waals surface area contributed by atoms with Crippen LogP contribution < -0.4 is 15.0 Å². The van der Waals surface area contributed by atoms with Crippen molar-refractivity contribution in [1.82, 2.24) is 14.9 Å². The van der Waals surface area contributed by atoms with Gasteiger partial charge >= 0.3 is 0 Å². The molecule has 7 heteroatoms. The summed E-state index contributed by atoms with van der Waals surface area (Å²) in [4.78, 5) is 14.7. The van der Waals surface area contributed by atoms with Gasteiger partial charge in [-0.1, -0.05) is 48.0 Å². The zero-order valence-electron chi connectivity index (χ0n) is 18.5. The van der Waals surface area contributed by atoms with Crippen LogP contribution in [0.4, 0.5) is 17.3 Å². The molecule has 4 aromatic rings. The summed E-state index contributed by atoms with van der Waals surface area (Å²) < 4.78 is 5.53. The minimum atomic E-state index is 0.737. The molecule has 1 aliphatic heterocycles. The molecule has 1 saturated heterocycles. The zero-order valence-corrected chi connectivity index (χ0v) is 19.3. The molecule has 2 heterocycles. The summed E-state index contributed by atoms with van der Waals surface area (Å²) in [5.41, 5.74) is 3.85. The van der Waals surface area contributed by atoms with E-state index in [1.54, 1.807) is 7.11 Å². The fourth-order valence-electron chi connectivity index (χ4n) is 4.18. The average molecular weight is 460 g/mol. The molecule has 1 N–H and O–H groups in total. The van der Waals surface area contributed by atoms with E-state index in [2.05, 4.69) is 21.2 Å². The number of ether oxygens (including phenoxy) is 1. The Hall–Kier alpha value is -3.35. The molecule has 5 rings (SSSR count). The number of nitrogens with one attached hydrogen (secondary N) is 1. The van der Waals surface area contributed by atoms with Crippen molar-refractivity contribution in [2.24, 2.45) is 0 Å². The highest BCUT2D eigenvalue weighted by atomic mass is 35.5. The third-order valence-electron chi connectivity index (χ3n) is 5.88. The Morgan fingerprint density at radius 1 is 0.879 bits per heavy atom. The van der Waals surface area contributed by atoms with Gasteiger partial charge in [-0.15, -0.1) is 0 Å². The smallest absolute Gasteiger partial charge is 0.174 e. The molecule has 33 heavy (non-hydrogen) atoms. The lowest BCUT2D eigenvalue weighted by Crippen LogP contribution is -2.46. The Balaban J connectivity index is 1.39. The van der Waals surface area contributed by atoms with Crippen molar-refractivity contribution in [3.63, 3.8) is 0 Å². The molecule has 0 saturated carbocycles. The molecule has 0 amide bonds. The zero-order chi connectivity index (χ0) is 22.6. The summed E-state index contributed by atoms with van der Waals surface area (Å²) in [7, 11) is 1.67. The molecule has 0 aliphatic carbocycles. The second-order valence-corrected chi connectivity index (χ2v) is 8.54. The second-order valence-electron chi connectivity index (χ2n) is 8.10. The average Bonchev–Trinajstić information content (AvgIpc) is 2.84. The molecule has 1 aromatic heterocycles. The maximum Gasteiger partial charge on any atom is 0.174 e. The van der Waals surface area contributed by atoms with Gasteiger partial charge in [-0.05, 0) is 42.0 Å². The highest BCUT2D eigenvalue weighted by molar-refractivity contribution is 6.30. The molecule has 6 nitrogen and oxygen atoms in total. The first-order valence-corrected chi connectivity index (χ1v) is 11.5. The van der Waals surface area contributed by atoms with Crippen LogP contribution in [0.1, 0.15) is 5.56 Å². The van der Waals surface area contributed by atoms with Crippen LogP contribution in [0.15, 0.2) is 72.8 Å². The van der Waals surface area contributed by atoms with Gasteiger partial charge in [0.15, 0.2) is 11.6 Å². The lowest BCUT2D eigenvalue weighted by atomic mass is 10.2. The summed E-state index contributed by atoms with van der Waals surface area (Å²) in [6.07, 6.45) is 0. The van der Waals surface area contributed by atoms with Crippen molar-refractivity contribution in [2.75, 3.05) is 43.5 Å². The second kappa shape index (κ2) is 9.65. The molecule has 0 radical (unpaired) electrons. The summed E-state index contributed by atoms with van der Waals surface area (Å²) >= 11 is 6.16. The maximum atomic E-state index is 6.16. The molecule has 0 bridgehead atoms. The van der Waals surface area contributed by atoms with E-state index >= 15 is 0 Å². The Morgan fingerprint density at radius 2 is 1.61 bits per heavy atom. The Kier molecular flexibility index (Phi) is 6.28. The minimum absolute atomic E-state index is 0.737. The Morgan fingerprint density at radius 3 is 2.36 bits per heavy atom. The van der Waals surface area contributed by atoms with Gasteiger partial charge in [0.25, 0.3) is 0 Å². The predicted octanol–water partition coefficient (Wildman–Crippen LogP) is 5.36. The number of piperazine rings is 1. The molecular weight excluding hydrogens is 434 g/mol. The first-order valence-electron chi connectivity index (χ1n) is 11.1. The van der Waals surface area contributed by atoms with E-state index in [1.807, 2.05) is 66.7 Å². The van der Waals surface area contributed by atoms with Crippen molar-refractivity contribution in [3.8, 4) is 5.75 Å². The molecule has 1 aliphatic rings. The number of halogens is 1. The van der Waals surface area contributed by atoms with Crippen LogP contribution in [-0.2, 0) is 6.54 Å². The number of aromatic nitrogens is 2. The quantitative estimate of drug-likeness (QED) is 0.419. The van der Waals surface area contributed by atoms with Gasteiger partial charge < -0.3 is 15.0 Å². The van der Waals surface area contributed by atoms with Crippen molar-refractivity contribution < 1.29 is 4.74 Å². The number of para-hydroxylation sites is 4. The van der Waals surface area contributed by atoms with E-state index in [-0.39, 0.29) is 0 Å². The van der Waals surface area contributed by atoms with Crippen LogP contribution in [0.5, 0.6) is 5.75 Å². The molecule has 1 fully saturated rings. The van der Waals surface area contributed by atoms with Crippen LogP contribution >= 0.6 is 11.6 Å². The molecule has 3 aromatic carbocycles. The number of rotatable bonds is 6. The van der Waals surface area contributed by atoms with Gasteiger partial charge in [-0.2, -0.15) is 0 Å². The van der Waals surface area contributed by atoms with Gasteiger partial charge in [0, 0.05) is 37.7 Å². The predicted molar refractivity (Wildman–Crippen MR) is 135 cm³/mol. The third kappa shape index (κ3) is 4.87. The van der Waals surface area contributed by atoms with E-state index in [4.69, 9.17) is 26.3 Å². The fourth-order valence-corrected chi connectivity index (χ4v) is 4.39. The van der Waals surface area contributed by atoms with Gasteiger partial charge in [0.1, 0.15) is 5.75 Å². The minimum Gasteiger partial charge on any atom is -0.495 e. The van der Waals surface area contributed by atoms with Crippen LogP contribution in [-0.4, -0.2) is 48.2 Å². The Bertz CT molecular complexity index is 1260. The number of benzene rings is 3. The molecule has 0 spiro atoms. The van der Waals surface area contributed by atoms with Crippen LogP contribution in [0.3, 0.4) is 0 Å². The van der Waals surface area contributed by atoms with Crippen LogP contribution in [0.25, 0.3) is 11.0 Å². The summed E-state index contributed by atoms with van der Waals surface area (Å²) in [6.45, 7) is 4.51. The van der Waals surface area contributed by atoms with Crippen LogP contribution in [0.2, 0.25) is 5.02 Å². The van der Waals surface area contributed by atoms with Crippen molar-refractivity contribution in [3.05, 3.63) is 83.4 Å². The van der Waals surface area contributed by atoms with E-state index in [1.165, 1.54) is 5.56 Å². The van der Waals surface area contributed by atoms with Crippen molar-refractivity contribution in [1.29, 1.82) is 0 Å². The van der Waals surface area contributed by atoms with E-state index in [0.717, 1.165) is 71.9 Å². The lowest BCUT2D eigenvalue weighted by Gasteiger charge is -2.36. The van der Waals surface area contributed by atoms with Gasteiger partial charge in [0.2, 0.25) is 0 Å². The summed E-state index contributed by atoms with van der Waals surface area (Å²) in [5, 5.41) is 4.25. The number of anilines is 3. The normalized spacial score (nSPS) is 14.4. The van der Waals surface area contributed by atoms with E-state index in [0.29, 0.717) is 0 Å². The highest BCUT2D eigenvalue weighted by Gasteiger charge is 2.22. The topological polar surface area (TPSA) is 53.5 Å². The van der Waals surface area contributed by atoms with Gasteiger partial charge in [-0.25, -0.2) is 9.97 Å². The number of fused-ring (bicyclic) bond motifs is 1. The highest BCUT2D eigenvalue weighted by Crippen LogP contribution is 2.32. The number of hydrogen-bond donors (Lipinski definition) is 1. The van der Waals surface area contributed by atoms with Crippen LogP contribution in [0, 0.1) is 0 Å². The molecular formula is C26H26ClN5O. The molecule has 168 valence electrons. The van der Waals surface area contributed by atoms with Gasteiger partial charge in [0.05, 0.1) is 23.8 Å². The summed E-state index contributed by atoms with van der Waals surface area (Å²) in [5.74, 6) is 2.37. The maximum absolute atomic E-state index is 6.16. The first kappa shape index (κ1) is 21.5. The van der Waals surface area contributed by atoms with Crippen molar-refractivity contribution >= 4 is 40.0 Å². The van der Waals surface area contributed by atoms with Gasteiger partial charge in [-0.3, -0.25) is 4.90 Å². The van der Waals surface area contributed by atoms with E-state index in [9.17, 15) is 0 Å². The number of methoxy groups -OCH3 is 1. The molecule has 0 atom stereocenters. The first-order chi connectivity index (χ1) is 16.2.